The molecule has 0 aliphatic carbocycles. The van der Waals surface area contributed by atoms with E-state index in [0.717, 1.165) is 24.0 Å². The van der Waals surface area contributed by atoms with Gasteiger partial charge in [-0.2, -0.15) is 5.10 Å². The van der Waals surface area contributed by atoms with Gasteiger partial charge in [-0.25, -0.2) is 0 Å². The van der Waals surface area contributed by atoms with Crippen molar-refractivity contribution in [2.24, 2.45) is 7.05 Å². The molecule has 96 valence electrons. The van der Waals surface area contributed by atoms with Gasteiger partial charge in [-0.05, 0) is 30.9 Å². The Kier molecular flexibility index (Phi) is 3.67. The van der Waals surface area contributed by atoms with Crippen molar-refractivity contribution in [2.45, 2.75) is 25.9 Å². The molecule has 2 aromatic rings. The number of benzene rings is 1. The molecule has 1 aromatic heterocycles. The van der Waals surface area contributed by atoms with E-state index < -0.39 is 0 Å². The number of anilines is 1. The van der Waals surface area contributed by atoms with Gasteiger partial charge in [-0.15, -0.1) is 0 Å². The third-order valence-corrected chi connectivity index (χ3v) is 3.10. The van der Waals surface area contributed by atoms with Crippen LogP contribution in [-0.2, 0) is 13.5 Å². The minimum atomic E-state index is -0.251. The van der Waals surface area contributed by atoms with Crippen LogP contribution in [0.4, 0.5) is 5.82 Å². The Labute approximate surface area is 107 Å². The Morgan fingerprint density at radius 1 is 1.33 bits per heavy atom. The lowest BCUT2D eigenvalue weighted by molar-refractivity contribution is 0.185. The van der Waals surface area contributed by atoms with Gasteiger partial charge in [0.05, 0.1) is 12.3 Å². The molecule has 1 atom stereocenters. The van der Waals surface area contributed by atoms with Gasteiger partial charge in [0.1, 0.15) is 5.82 Å². The fourth-order valence-corrected chi connectivity index (χ4v) is 1.90. The lowest BCUT2D eigenvalue weighted by Crippen LogP contribution is -2.01. The molecule has 0 saturated heterocycles. The first-order chi connectivity index (χ1) is 8.58. The average molecular weight is 245 g/mol. The third-order valence-electron chi connectivity index (χ3n) is 3.10. The van der Waals surface area contributed by atoms with Crippen molar-refractivity contribution in [3.05, 3.63) is 36.0 Å². The molecule has 1 unspecified atom stereocenters. The lowest BCUT2D eigenvalue weighted by atomic mass is 10.0. The maximum absolute atomic E-state index is 9.26. The molecule has 3 N–H and O–H groups in total. The zero-order valence-electron chi connectivity index (χ0n) is 10.8. The van der Waals surface area contributed by atoms with E-state index in [1.54, 1.807) is 10.9 Å². The number of hydrogen-bond acceptors (Lipinski definition) is 3. The molecule has 0 radical (unpaired) electrons. The summed E-state index contributed by atoms with van der Waals surface area (Å²) in [5.41, 5.74) is 9.19. The maximum atomic E-state index is 9.26. The largest absolute Gasteiger partial charge is 0.393 e. The van der Waals surface area contributed by atoms with Gasteiger partial charge in [0.15, 0.2) is 0 Å². The lowest BCUT2D eigenvalue weighted by Gasteiger charge is -2.06. The highest BCUT2D eigenvalue weighted by molar-refractivity contribution is 5.73. The van der Waals surface area contributed by atoms with Crippen LogP contribution in [0.2, 0.25) is 0 Å². The van der Waals surface area contributed by atoms with Crippen molar-refractivity contribution in [2.75, 3.05) is 5.73 Å². The van der Waals surface area contributed by atoms with Gasteiger partial charge in [-0.3, -0.25) is 4.68 Å². The summed E-state index contributed by atoms with van der Waals surface area (Å²) >= 11 is 0. The van der Waals surface area contributed by atoms with E-state index in [1.807, 2.05) is 26.1 Å². The SMILES string of the molecule is CC(O)CCc1ccc(-c2cnn(C)c2N)cc1. The second kappa shape index (κ2) is 5.23. The molecule has 18 heavy (non-hydrogen) atoms. The second-order valence-corrected chi connectivity index (χ2v) is 4.65. The summed E-state index contributed by atoms with van der Waals surface area (Å²) in [7, 11) is 1.83. The average Bonchev–Trinajstić information content (AvgIpc) is 2.68. The van der Waals surface area contributed by atoms with Crippen LogP contribution in [0.25, 0.3) is 11.1 Å². The molecule has 2 rings (SSSR count). The monoisotopic (exact) mass is 245 g/mol. The highest BCUT2D eigenvalue weighted by Crippen LogP contribution is 2.25. The molecule has 0 aliphatic rings. The van der Waals surface area contributed by atoms with E-state index in [9.17, 15) is 5.11 Å². The van der Waals surface area contributed by atoms with Crippen LogP contribution >= 0.6 is 0 Å². The molecule has 0 spiro atoms. The molecule has 0 bridgehead atoms. The smallest absolute Gasteiger partial charge is 0.129 e. The second-order valence-electron chi connectivity index (χ2n) is 4.65. The van der Waals surface area contributed by atoms with Crippen LogP contribution in [0.5, 0.6) is 0 Å². The zero-order chi connectivity index (χ0) is 13.1. The number of aliphatic hydroxyl groups is 1. The van der Waals surface area contributed by atoms with Crippen molar-refractivity contribution in [3.8, 4) is 11.1 Å². The first-order valence-corrected chi connectivity index (χ1v) is 6.13. The molecule has 1 heterocycles. The van der Waals surface area contributed by atoms with Crippen LogP contribution in [0.3, 0.4) is 0 Å². The molecule has 0 fully saturated rings. The number of aromatic nitrogens is 2. The number of nitrogens with two attached hydrogens (primary N) is 1. The van der Waals surface area contributed by atoms with Gasteiger partial charge in [0.2, 0.25) is 0 Å². The maximum Gasteiger partial charge on any atom is 0.129 e. The Balaban J connectivity index is 2.15. The van der Waals surface area contributed by atoms with E-state index in [4.69, 9.17) is 5.73 Å². The van der Waals surface area contributed by atoms with E-state index >= 15 is 0 Å². The van der Waals surface area contributed by atoms with Gasteiger partial charge in [0.25, 0.3) is 0 Å². The predicted octanol–water partition coefficient (Wildman–Crippen LogP) is 1.98. The zero-order valence-corrected chi connectivity index (χ0v) is 10.8. The number of hydrogen-bond donors (Lipinski definition) is 2. The topological polar surface area (TPSA) is 64.1 Å². The van der Waals surface area contributed by atoms with Crippen molar-refractivity contribution < 1.29 is 5.11 Å². The van der Waals surface area contributed by atoms with Crippen LogP contribution < -0.4 is 5.73 Å². The van der Waals surface area contributed by atoms with Gasteiger partial charge in [0, 0.05) is 12.6 Å². The standard InChI is InChI=1S/C14H19N3O/c1-10(18)3-4-11-5-7-12(8-6-11)13-9-16-17(2)14(13)15/h5-10,18H,3-4,15H2,1-2H3. The summed E-state index contributed by atoms with van der Waals surface area (Å²) in [6, 6.07) is 8.24. The van der Waals surface area contributed by atoms with E-state index in [-0.39, 0.29) is 6.10 Å². The number of nitrogens with zero attached hydrogens (tertiary/aromatic N) is 2. The van der Waals surface area contributed by atoms with Crippen molar-refractivity contribution in [3.63, 3.8) is 0 Å². The minimum Gasteiger partial charge on any atom is -0.393 e. The number of aryl methyl sites for hydroxylation is 2. The van der Waals surface area contributed by atoms with Crippen LogP contribution in [-0.4, -0.2) is 21.0 Å². The highest BCUT2D eigenvalue weighted by Gasteiger charge is 2.07. The van der Waals surface area contributed by atoms with E-state index in [1.165, 1.54) is 5.56 Å². The highest BCUT2D eigenvalue weighted by atomic mass is 16.3. The fourth-order valence-electron chi connectivity index (χ4n) is 1.90. The van der Waals surface area contributed by atoms with Crippen molar-refractivity contribution >= 4 is 5.82 Å². The predicted molar refractivity (Wildman–Crippen MR) is 73.1 cm³/mol. The Bertz CT molecular complexity index is 514. The van der Waals surface area contributed by atoms with Gasteiger partial charge >= 0.3 is 0 Å². The summed E-state index contributed by atoms with van der Waals surface area (Å²) in [6.45, 7) is 1.81. The summed E-state index contributed by atoms with van der Waals surface area (Å²) < 4.78 is 1.66. The molecular weight excluding hydrogens is 226 g/mol. The van der Waals surface area contributed by atoms with Crippen LogP contribution in [0, 0.1) is 0 Å². The molecule has 0 saturated carbocycles. The van der Waals surface area contributed by atoms with E-state index in [2.05, 4.69) is 17.2 Å². The van der Waals surface area contributed by atoms with Crippen molar-refractivity contribution in [1.29, 1.82) is 0 Å². The Morgan fingerprint density at radius 2 is 2.00 bits per heavy atom. The first-order valence-electron chi connectivity index (χ1n) is 6.13. The normalized spacial score (nSPS) is 12.6. The Morgan fingerprint density at radius 3 is 2.50 bits per heavy atom. The summed E-state index contributed by atoms with van der Waals surface area (Å²) in [4.78, 5) is 0. The van der Waals surface area contributed by atoms with Crippen molar-refractivity contribution in [1.82, 2.24) is 9.78 Å². The van der Waals surface area contributed by atoms with E-state index in [0.29, 0.717) is 5.82 Å². The summed E-state index contributed by atoms with van der Waals surface area (Å²) in [5.74, 6) is 0.673. The summed E-state index contributed by atoms with van der Waals surface area (Å²) in [5, 5.41) is 13.4. The number of rotatable bonds is 4. The quantitative estimate of drug-likeness (QED) is 0.865. The number of aliphatic hydroxyl groups excluding tert-OH is 1. The molecule has 0 amide bonds. The van der Waals surface area contributed by atoms with Gasteiger partial charge < -0.3 is 10.8 Å². The van der Waals surface area contributed by atoms with Crippen LogP contribution in [0.15, 0.2) is 30.5 Å². The molecule has 1 aromatic carbocycles. The first kappa shape index (κ1) is 12.6. The van der Waals surface area contributed by atoms with Gasteiger partial charge in [-0.1, -0.05) is 24.3 Å². The molecular formula is C14H19N3O. The molecule has 0 aliphatic heterocycles. The summed E-state index contributed by atoms with van der Waals surface area (Å²) in [6.07, 6.45) is 3.20. The number of nitrogen functional groups attached to an aromatic ring is 1. The minimum absolute atomic E-state index is 0.251. The fraction of sp³-hybridized carbons (Fsp3) is 0.357. The third kappa shape index (κ3) is 2.71. The Hall–Kier alpha value is -1.81. The molecule has 4 nitrogen and oxygen atoms in total. The molecule has 4 heteroatoms. The van der Waals surface area contributed by atoms with Crippen LogP contribution in [0.1, 0.15) is 18.9 Å².